The zero-order chi connectivity index (χ0) is 22.1. The molecule has 3 saturated heterocycles. The van der Waals surface area contributed by atoms with Crippen LogP contribution in [0.25, 0.3) is 11.1 Å². The molecule has 168 valence electrons. The van der Waals surface area contributed by atoms with Gasteiger partial charge >= 0.3 is 0 Å². The Morgan fingerprint density at radius 3 is 2.31 bits per heavy atom. The number of nitrogens with zero attached hydrogens (tertiary/aromatic N) is 1. The second-order valence-electron chi connectivity index (χ2n) is 9.13. The van der Waals surface area contributed by atoms with Gasteiger partial charge in [-0.2, -0.15) is 0 Å². The molecular formula is C25H31N5O2. The van der Waals surface area contributed by atoms with Crippen LogP contribution in [0, 0.1) is 11.8 Å². The lowest BCUT2D eigenvalue weighted by molar-refractivity contribution is -0.136. The third kappa shape index (κ3) is 4.16. The number of likely N-dealkylation sites (tertiary alicyclic amines) is 1. The van der Waals surface area contributed by atoms with Crippen LogP contribution in [-0.4, -0.2) is 48.8 Å². The van der Waals surface area contributed by atoms with Crippen molar-refractivity contribution in [3.63, 3.8) is 0 Å². The maximum Gasteiger partial charge on any atom is 0.228 e. The molecule has 4 unspecified atom stereocenters. The van der Waals surface area contributed by atoms with Gasteiger partial charge in [0.05, 0.1) is 12.1 Å². The Labute approximate surface area is 188 Å². The maximum absolute atomic E-state index is 13.2. The highest BCUT2D eigenvalue weighted by Crippen LogP contribution is 2.35. The van der Waals surface area contributed by atoms with E-state index < -0.39 is 0 Å². The van der Waals surface area contributed by atoms with Crippen molar-refractivity contribution in [3.05, 3.63) is 60.2 Å². The Balaban J connectivity index is 1.28. The molecule has 3 aliphatic rings. The third-order valence-electron chi connectivity index (χ3n) is 7.27. The lowest BCUT2D eigenvalue weighted by Crippen LogP contribution is -2.73. The molecule has 5 N–H and O–H groups in total. The van der Waals surface area contributed by atoms with Crippen LogP contribution in [0.2, 0.25) is 0 Å². The van der Waals surface area contributed by atoms with Gasteiger partial charge in [-0.15, -0.1) is 0 Å². The minimum absolute atomic E-state index is 0.0608. The molecule has 0 radical (unpaired) electrons. The van der Waals surface area contributed by atoms with Crippen LogP contribution in [0.15, 0.2) is 54.6 Å². The quantitative estimate of drug-likeness (QED) is 0.587. The summed E-state index contributed by atoms with van der Waals surface area (Å²) in [7, 11) is 0. The number of carbonyl (C=O) groups is 2. The molecule has 7 nitrogen and oxygen atoms in total. The Morgan fingerprint density at radius 1 is 0.938 bits per heavy atom. The molecule has 0 saturated carbocycles. The van der Waals surface area contributed by atoms with Gasteiger partial charge in [-0.1, -0.05) is 54.6 Å². The number of carbonyl (C=O) groups excluding carboxylic acids is 2. The summed E-state index contributed by atoms with van der Waals surface area (Å²) in [6, 6.07) is 19.0. The standard InChI is InChI=1S/C25H31N5O2/c26-22(31)19-11-14-30(15-12-19)25-28-23-21(24(32)29-25)20(10-13-27-23)18-8-6-17(7-9-18)16-4-2-1-3-5-16/h1-9,19-21,23,25,27-28H,10-15H2,(H2,26,31)(H,29,32). The normalized spacial score (nSPS) is 29.2. The van der Waals surface area contributed by atoms with Gasteiger partial charge < -0.3 is 16.4 Å². The first-order valence-electron chi connectivity index (χ1n) is 11.6. The molecule has 5 rings (SSSR count). The SMILES string of the molecule is NC(=O)C1CCN(C2NC(=O)C3C(NCCC3c3ccc(-c4ccccc4)cc3)N2)CC1. The molecule has 3 heterocycles. The summed E-state index contributed by atoms with van der Waals surface area (Å²) in [5.74, 6) is -0.194. The van der Waals surface area contributed by atoms with Gasteiger partial charge in [0.15, 0.2) is 0 Å². The lowest BCUT2D eigenvalue weighted by Gasteiger charge is -2.48. The lowest BCUT2D eigenvalue weighted by atomic mass is 9.77. The summed E-state index contributed by atoms with van der Waals surface area (Å²) in [5.41, 5.74) is 9.05. The Bertz CT molecular complexity index is 956. The van der Waals surface area contributed by atoms with Crippen molar-refractivity contribution >= 4 is 11.8 Å². The number of rotatable bonds is 4. The average molecular weight is 434 g/mol. The fourth-order valence-corrected chi connectivity index (χ4v) is 5.44. The monoisotopic (exact) mass is 433 g/mol. The van der Waals surface area contributed by atoms with Crippen LogP contribution >= 0.6 is 0 Å². The van der Waals surface area contributed by atoms with E-state index in [-0.39, 0.29) is 42.0 Å². The van der Waals surface area contributed by atoms with Gasteiger partial charge in [0.25, 0.3) is 0 Å². The molecule has 2 aromatic carbocycles. The molecule has 0 aliphatic carbocycles. The van der Waals surface area contributed by atoms with Crippen molar-refractivity contribution in [2.45, 2.75) is 37.6 Å². The molecule has 0 bridgehead atoms. The first-order chi connectivity index (χ1) is 15.6. The van der Waals surface area contributed by atoms with Crippen LogP contribution in [0.4, 0.5) is 0 Å². The topological polar surface area (TPSA) is 99.5 Å². The molecule has 3 aliphatic heterocycles. The fraction of sp³-hybridized carbons (Fsp3) is 0.440. The summed E-state index contributed by atoms with van der Waals surface area (Å²) in [6.07, 6.45) is 2.11. The van der Waals surface area contributed by atoms with Crippen molar-refractivity contribution in [3.8, 4) is 11.1 Å². The van der Waals surface area contributed by atoms with Gasteiger partial charge in [0, 0.05) is 19.0 Å². The van der Waals surface area contributed by atoms with Crippen LogP contribution in [0.5, 0.6) is 0 Å². The number of hydrogen-bond donors (Lipinski definition) is 4. The second kappa shape index (κ2) is 9.02. The van der Waals surface area contributed by atoms with Crippen LogP contribution in [0.1, 0.15) is 30.7 Å². The smallest absolute Gasteiger partial charge is 0.228 e. The molecule has 32 heavy (non-hydrogen) atoms. The van der Waals surface area contributed by atoms with Crippen molar-refractivity contribution in [2.24, 2.45) is 17.6 Å². The fourth-order valence-electron chi connectivity index (χ4n) is 5.44. The van der Waals surface area contributed by atoms with Gasteiger partial charge in [0.1, 0.15) is 6.29 Å². The summed E-state index contributed by atoms with van der Waals surface area (Å²) >= 11 is 0. The number of amides is 2. The summed E-state index contributed by atoms with van der Waals surface area (Å²) < 4.78 is 0. The molecular weight excluding hydrogens is 402 g/mol. The highest BCUT2D eigenvalue weighted by molar-refractivity contribution is 5.82. The van der Waals surface area contributed by atoms with E-state index in [1.165, 1.54) is 16.7 Å². The average Bonchev–Trinajstić information content (AvgIpc) is 2.84. The minimum atomic E-state index is -0.222. The molecule has 7 heteroatoms. The molecule has 4 atom stereocenters. The van der Waals surface area contributed by atoms with E-state index in [0.29, 0.717) is 0 Å². The van der Waals surface area contributed by atoms with E-state index in [0.717, 1.165) is 38.9 Å². The number of primary amides is 1. The van der Waals surface area contributed by atoms with E-state index in [4.69, 9.17) is 5.73 Å². The predicted octanol–water partition coefficient (Wildman–Crippen LogP) is 1.57. The zero-order valence-electron chi connectivity index (χ0n) is 18.2. The molecule has 0 spiro atoms. The molecule has 0 aromatic heterocycles. The van der Waals surface area contributed by atoms with Crippen molar-refractivity contribution in [1.29, 1.82) is 0 Å². The molecule has 2 amide bonds. The van der Waals surface area contributed by atoms with Crippen LogP contribution in [0.3, 0.4) is 0 Å². The van der Waals surface area contributed by atoms with Gasteiger partial charge in [-0.3, -0.25) is 19.8 Å². The van der Waals surface area contributed by atoms with E-state index >= 15 is 0 Å². The van der Waals surface area contributed by atoms with Crippen molar-refractivity contribution in [1.82, 2.24) is 20.9 Å². The zero-order valence-corrected chi connectivity index (χ0v) is 18.2. The summed E-state index contributed by atoms with van der Waals surface area (Å²) in [4.78, 5) is 26.9. The first-order valence-corrected chi connectivity index (χ1v) is 11.6. The van der Waals surface area contributed by atoms with Gasteiger partial charge in [-0.05, 0) is 48.4 Å². The highest BCUT2D eigenvalue weighted by atomic mass is 16.2. The van der Waals surface area contributed by atoms with Crippen LogP contribution in [-0.2, 0) is 9.59 Å². The van der Waals surface area contributed by atoms with Gasteiger partial charge in [-0.25, -0.2) is 0 Å². The van der Waals surface area contributed by atoms with Crippen LogP contribution < -0.4 is 21.7 Å². The largest absolute Gasteiger partial charge is 0.369 e. The first kappa shape index (κ1) is 21.1. The number of nitrogens with two attached hydrogens (primary N) is 1. The summed E-state index contributed by atoms with van der Waals surface area (Å²) in [6.45, 7) is 2.35. The second-order valence-corrected chi connectivity index (χ2v) is 9.13. The Morgan fingerprint density at radius 2 is 1.62 bits per heavy atom. The Hall–Kier alpha value is -2.74. The van der Waals surface area contributed by atoms with Gasteiger partial charge in [0.2, 0.25) is 11.8 Å². The number of piperidine rings is 2. The van der Waals surface area contributed by atoms with E-state index in [9.17, 15) is 9.59 Å². The predicted molar refractivity (Wildman–Crippen MR) is 123 cm³/mol. The summed E-state index contributed by atoms with van der Waals surface area (Å²) in [5, 5.41) is 10.3. The third-order valence-corrected chi connectivity index (χ3v) is 7.27. The number of hydrogen-bond acceptors (Lipinski definition) is 5. The maximum atomic E-state index is 13.2. The van der Waals surface area contributed by atoms with E-state index in [1.807, 2.05) is 18.2 Å². The van der Waals surface area contributed by atoms with E-state index in [2.05, 4.69) is 57.2 Å². The Kier molecular flexibility index (Phi) is 5.95. The molecule has 2 aromatic rings. The number of benzene rings is 2. The highest BCUT2D eigenvalue weighted by Gasteiger charge is 2.45. The minimum Gasteiger partial charge on any atom is -0.369 e. The number of fused-ring (bicyclic) bond motifs is 1. The van der Waals surface area contributed by atoms with Crippen molar-refractivity contribution in [2.75, 3.05) is 19.6 Å². The molecule has 3 fully saturated rings. The number of nitrogens with one attached hydrogen (secondary N) is 3. The van der Waals surface area contributed by atoms with E-state index in [1.54, 1.807) is 0 Å². The van der Waals surface area contributed by atoms with Crippen molar-refractivity contribution < 1.29 is 9.59 Å².